The fraction of sp³-hybridized carbons (Fsp3) is 0.200. The highest BCUT2D eigenvalue weighted by Crippen LogP contribution is 2.24. The van der Waals surface area contributed by atoms with E-state index in [2.05, 4.69) is 5.92 Å². The van der Waals surface area contributed by atoms with Crippen molar-refractivity contribution in [2.24, 2.45) is 0 Å². The predicted octanol–water partition coefficient (Wildman–Crippen LogP) is 2.32. The second-order valence-corrected chi connectivity index (χ2v) is 2.92. The van der Waals surface area contributed by atoms with E-state index in [9.17, 15) is 0 Å². The van der Waals surface area contributed by atoms with Crippen LogP contribution in [0.5, 0.6) is 5.75 Å². The van der Waals surface area contributed by atoms with Crippen LogP contribution in [0.25, 0.3) is 0 Å². The highest BCUT2D eigenvalue weighted by molar-refractivity contribution is 6.30. The molecule has 3 heteroatoms. The molecule has 0 amide bonds. The molecule has 0 aromatic heterocycles. The molecule has 0 aliphatic heterocycles. The molecule has 68 valence electrons. The van der Waals surface area contributed by atoms with Gasteiger partial charge in [0.1, 0.15) is 5.75 Å². The van der Waals surface area contributed by atoms with E-state index in [1.807, 2.05) is 0 Å². The summed E-state index contributed by atoms with van der Waals surface area (Å²) in [7, 11) is 0. The first-order valence-corrected chi connectivity index (χ1v) is 4.23. The van der Waals surface area contributed by atoms with Crippen molar-refractivity contribution in [3.8, 4) is 18.1 Å². The SMILES string of the molecule is C#CCCOc1ccc(Cl)cc1N. The second kappa shape index (κ2) is 4.64. The number of rotatable bonds is 3. The van der Waals surface area contributed by atoms with Crippen molar-refractivity contribution in [1.82, 2.24) is 0 Å². The van der Waals surface area contributed by atoms with Gasteiger partial charge >= 0.3 is 0 Å². The number of anilines is 1. The minimum Gasteiger partial charge on any atom is -0.490 e. The Labute approximate surface area is 82.6 Å². The summed E-state index contributed by atoms with van der Waals surface area (Å²) in [6.45, 7) is 0.475. The number of nitrogens with two attached hydrogens (primary N) is 1. The monoisotopic (exact) mass is 195 g/mol. The van der Waals surface area contributed by atoms with Gasteiger partial charge in [-0.1, -0.05) is 11.6 Å². The van der Waals surface area contributed by atoms with E-state index in [4.69, 9.17) is 28.5 Å². The predicted molar refractivity (Wildman–Crippen MR) is 54.8 cm³/mol. The lowest BCUT2D eigenvalue weighted by Gasteiger charge is -2.06. The number of halogens is 1. The van der Waals surface area contributed by atoms with Gasteiger partial charge < -0.3 is 10.5 Å². The highest BCUT2D eigenvalue weighted by Gasteiger charge is 1.99. The van der Waals surface area contributed by atoms with E-state index in [0.717, 1.165) is 0 Å². The normalized spacial score (nSPS) is 9.23. The summed E-state index contributed by atoms with van der Waals surface area (Å²) in [5, 5.41) is 0.599. The first-order valence-electron chi connectivity index (χ1n) is 3.85. The Kier molecular flexibility index (Phi) is 3.48. The first-order chi connectivity index (χ1) is 6.24. The Bertz CT molecular complexity index is 330. The Morgan fingerprint density at radius 1 is 1.54 bits per heavy atom. The lowest BCUT2D eigenvalue weighted by molar-refractivity contribution is 0.329. The number of terminal acetylenes is 1. The molecular weight excluding hydrogens is 186 g/mol. The van der Waals surface area contributed by atoms with Crippen LogP contribution in [-0.4, -0.2) is 6.61 Å². The standard InChI is InChI=1S/C10H10ClNO/c1-2-3-6-13-10-5-4-8(11)7-9(10)12/h1,4-5,7H,3,6,12H2. The molecule has 0 fully saturated rings. The average molecular weight is 196 g/mol. The van der Waals surface area contributed by atoms with Gasteiger partial charge in [-0.3, -0.25) is 0 Å². The molecular formula is C10H10ClNO. The summed E-state index contributed by atoms with van der Waals surface area (Å²) >= 11 is 5.71. The van der Waals surface area contributed by atoms with Crippen molar-refractivity contribution in [2.45, 2.75) is 6.42 Å². The Morgan fingerprint density at radius 3 is 2.92 bits per heavy atom. The van der Waals surface area contributed by atoms with Gasteiger partial charge in [0, 0.05) is 11.4 Å². The topological polar surface area (TPSA) is 35.2 Å². The number of hydrogen-bond donors (Lipinski definition) is 1. The summed E-state index contributed by atoms with van der Waals surface area (Å²) in [5.41, 5.74) is 6.17. The van der Waals surface area contributed by atoms with E-state index in [-0.39, 0.29) is 0 Å². The fourth-order valence-electron chi connectivity index (χ4n) is 0.871. The Morgan fingerprint density at radius 2 is 2.31 bits per heavy atom. The molecule has 2 N–H and O–H groups in total. The van der Waals surface area contributed by atoms with Gasteiger partial charge in [0.15, 0.2) is 0 Å². The van der Waals surface area contributed by atoms with E-state index in [0.29, 0.717) is 29.5 Å². The van der Waals surface area contributed by atoms with Crippen LogP contribution in [0.4, 0.5) is 5.69 Å². The highest BCUT2D eigenvalue weighted by atomic mass is 35.5. The lowest BCUT2D eigenvalue weighted by atomic mass is 10.3. The molecule has 0 bridgehead atoms. The van der Waals surface area contributed by atoms with Crippen LogP contribution in [0, 0.1) is 12.3 Å². The van der Waals surface area contributed by atoms with Crippen LogP contribution in [0.1, 0.15) is 6.42 Å². The summed E-state index contributed by atoms with van der Waals surface area (Å²) in [6.07, 6.45) is 5.64. The maximum absolute atomic E-state index is 5.71. The summed E-state index contributed by atoms with van der Waals surface area (Å²) < 4.78 is 5.31. The molecule has 0 aliphatic rings. The molecule has 13 heavy (non-hydrogen) atoms. The summed E-state index contributed by atoms with van der Waals surface area (Å²) in [5.74, 6) is 3.10. The van der Waals surface area contributed by atoms with Crippen LogP contribution in [0.2, 0.25) is 5.02 Å². The van der Waals surface area contributed by atoms with E-state index >= 15 is 0 Å². The van der Waals surface area contributed by atoms with E-state index in [1.54, 1.807) is 18.2 Å². The van der Waals surface area contributed by atoms with Gasteiger partial charge in [-0.15, -0.1) is 12.3 Å². The zero-order valence-electron chi connectivity index (χ0n) is 7.09. The van der Waals surface area contributed by atoms with Crippen molar-refractivity contribution in [2.75, 3.05) is 12.3 Å². The molecule has 0 saturated carbocycles. The number of nitrogen functional groups attached to an aromatic ring is 1. The molecule has 1 rings (SSSR count). The number of hydrogen-bond acceptors (Lipinski definition) is 2. The van der Waals surface area contributed by atoms with Crippen LogP contribution in [0.15, 0.2) is 18.2 Å². The quantitative estimate of drug-likeness (QED) is 0.457. The van der Waals surface area contributed by atoms with Crippen LogP contribution < -0.4 is 10.5 Å². The third-order valence-electron chi connectivity index (χ3n) is 1.48. The zero-order chi connectivity index (χ0) is 9.68. The van der Waals surface area contributed by atoms with Gasteiger partial charge in [0.05, 0.1) is 12.3 Å². The van der Waals surface area contributed by atoms with Gasteiger partial charge in [0.25, 0.3) is 0 Å². The van der Waals surface area contributed by atoms with Crippen LogP contribution >= 0.6 is 11.6 Å². The number of ether oxygens (including phenoxy) is 1. The maximum Gasteiger partial charge on any atom is 0.142 e. The third-order valence-corrected chi connectivity index (χ3v) is 1.71. The molecule has 0 atom stereocenters. The minimum absolute atomic E-state index is 0.475. The largest absolute Gasteiger partial charge is 0.490 e. The zero-order valence-corrected chi connectivity index (χ0v) is 7.84. The summed E-state index contributed by atoms with van der Waals surface area (Å²) in [4.78, 5) is 0. The van der Waals surface area contributed by atoms with Gasteiger partial charge in [-0.25, -0.2) is 0 Å². The van der Waals surface area contributed by atoms with Crippen molar-refractivity contribution >= 4 is 17.3 Å². The molecule has 0 unspecified atom stereocenters. The number of benzene rings is 1. The molecule has 0 heterocycles. The van der Waals surface area contributed by atoms with Gasteiger partial charge in [0.2, 0.25) is 0 Å². The van der Waals surface area contributed by atoms with Gasteiger partial charge in [-0.05, 0) is 18.2 Å². The molecule has 1 aromatic rings. The average Bonchev–Trinajstić information content (AvgIpc) is 2.09. The minimum atomic E-state index is 0.475. The maximum atomic E-state index is 5.71. The van der Waals surface area contributed by atoms with Crippen molar-refractivity contribution in [1.29, 1.82) is 0 Å². The molecule has 0 radical (unpaired) electrons. The van der Waals surface area contributed by atoms with Crippen molar-refractivity contribution in [3.63, 3.8) is 0 Å². The molecule has 1 aromatic carbocycles. The lowest BCUT2D eigenvalue weighted by Crippen LogP contribution is -1.99. The van der Waals surface area contributed by atoms with Crippen molar-refractivity contribution in [3.05, 3.63) is 23.2 Å². The van der Waals surface area contributed by atoms with Crippen LogP contribution in [-0.2, 0) is 0 Å². The molecule has 2 nitrogen and oxygen atoms in total. The van der Waals surface area contributed by atoms with Crippen molar-refractivity contribution < 1.29 is 4.74 Å². The molecule has 0 aliphatic carbocycles. The smallest absolute Gasteiger partial charge is 0.142 e. The first kappa shape index (κ1) is 9.76. The fourth-order valence-corrected chi connectivity index (χ4v) is 1.05. The Balaban J connectivity index is 2.62. The molecule has 0 spiro atoms. The van der Waals surface area contributed by atoms with Gasteiger partial charge in [-0.2, -0.15) is 0 Å². The third kappa shape index (κ3) is 2.89. The van der Waals surface area contributed by atoms with E-state index in [1.165, 1.54) is 0 Å². The Hall–Kier alpha value is -1.33. The van der Waals surface area contributed by atoms with Crippen LogP contribution in [0.3, 0.4) is 0 Å². The molecule has 0 saturated heterocycles. The summed E-state index contributed by atoms with van der Waals surface area (Å²) in [6, 6.07) is 5.10. The second-order valence-electron chi connectivity index (χ2n) is 2.48. The van der Waals surface area contributed by atoms with E-state index < -0.39 is 0 Å².